The zero-order valence-corrected chi connectivity index (χ0v) is 20.1. The molecule has 4 aromatic rings. The average molecular weight is 487 g/mol. The zero-order chi connectivity index (χ0) is 25.3. The number of rotatable bonds is 10. The van der Waals surface area contributed by atoms with Crippen molar-refractivity contribution in [2.45, 2.75) is 6.61 Å². The quantitative estimate of drug-likeness (QED) is 0.253. The van der Waals surface area contributed by atoms with E-state index in [1.807, 2.05) is 48.5 Å². The summed E-state index contributed by atoms with van der Waals surface area (Å²) in [4.78, 5) is 12.5. The van der Waals surface area contributed by atoms with Crippen LogP contribution < -0.4 is 24.4 Å². The summed E-state index contributed by atoms with van der Waals surface area (Å²) in [6, 6.07) is 22.3. The van der Waals surface area contributed by atoms with Gasteiger partial charge in [-0.25, -0.2) is 5.43 Å². The molecule has 0 bridgehead atoms. The first-order chi connectivity index (χ1) is 17.6. The van der Waals surface area contributed by atoms with Gasteiger partial charge in [-0.15, -0.1) is 0 Å². The summed E-state index contributed by atoms with van der Waals surface area (Å²) in [5.41, 5.74) is 5.89. The van der Waals surface area contributed by atoms with Gasteiger partial charge in [0.25, 0.3) is 5.91 Å². The topological polar surface area (TPSA) is 107 Å². The number of ether oxygens (including phenoxy) is 4. The number of hydrazone groups is 1. The van der Waals surface area contributed by atoms with Crippen LogP contribution in [0.15, 0.2) is 77.9 Å². The Labute approximate surface area is 208 Å². The molecule has 184 valence electrons. The van der Waals surface area contributed by atoms with E-state index in [1.54, 1.807) is 45.6 Å². The molecule has 1 aromatic heterocycles. The number of nitrogens with one attached hydrogen (secondary N) is 2. The maximum absolute atomic E-state index is 12.5. The van der Waals surface area contributed by atoms with Crippen molar-refractivity contribution < 1.29 is 23.7 Å². The number of amides is 1. The number of methoxy groups -OCH3 is 3. The van der Waals surface area contributed by atoms with Crippen LogP contribution in [-0.2, 0) is 6.61 Å². The van der Waals surface area contributed by atoms with Crippen LogP contribution in [0.4, 0.5) is 0 Å². The summed E-state index contributed by atoms with van der Waals surface area (Å²) in [6.07, 6.45) is 1.51. The molecular formula is C27H26N4O5. The van der Waals surface area contributed by atoms with Gasteiger partial charge in [0, 0.05) is 5.56 Å². The molecule has 36 heavy (non-hydrogen) atoms. The van der Waals surface area contributed by atoms with Gasteiger partial charge in [0.2, 0.25) is 0 Å². The summed E-state index contributed by atoms with van der Waals surface area (Å²) in [7, 11) is 4.69. The normalized spacial score (nSPS) is 10.8. The number of aromatic amines is 1. The van der Waals surface area contributed by atoms with Crippen molar-refractivity contribution in [1.29, 1.82) is 0 Å². The Morgan fingerprint density at radius 1 is 0.889 bits per heavy atom. The third-order valence-corrected chi connectivity index (χ3v) is 5.31. The van der Waals surface area contributed by atoms with Crippen molar-refractivity contribution in [3.63, 3.8) is 0 Å². The highest BCUT2D eigenvalue weighted by Gasteiger charge is 2.13. The Balaban J connectivity index is 1.40. The second-order valence-electron chi connectivity index (χ2n) is 7.62. The molecule has 9 nitrogen and oxygen atoms in total. The number of carbonyl (C=O) groups excluding carboxylic acids is 1. The highest BCUT2D eigenvalue weighted by atomic mass is 16.5. The molecule has 1 amide bonds. The van der Waals surface area contributed by atoms with E-state index in [-0.39, 0.29) is 5.69 Å². The van der Waals surface area contributed by atoms with E-state index < -0.39 is 5.91 Å². The fraction of sp³-hybridized carbons (Fsp3) is 0.148. The van der Waals surface area contributed by atoms with Gasteiger partial charge in [0.15, 0.2) is 23.0 Å². The number of hydrogen-bond donors (Lipinski definition) is 2. The Bertz CT molecular complexity index is 1350. The first kappa shape index (κ1) is 24.3. The van der Waals surface area contributed by atoms with E-state index in [2.05, 4.69) is 20.7 Å². The fourth-order valence-electron chi connectivity index (χ4n) is 3.43. The van der Waals surface area contributed by atoms with Gasteiger partial charge in [-0.1, -0.05) is 30.3 Å². The van der Waals surface area contributed by atoms with Gasteiger partial charge in [-0.05, 0) is 53.6 Å². The lowest BCUT2D eigenvalue weighted by Crippen LogP contribution is -2.18. The number of nitrogens with zero attached hydrogens (tertiary/aromatic N) is 2. The summed E-state index contributed by atoms with van der Waals surface area (Å²) >= 11 is 0. The number of aromatic nitrogens is 2. The van der Waals surface area contributed by atoms with Gasteiger partial charge in [-0.3, -0.25) is 9.89 Å². The van der Waals surface area contributed by atoms with E-state index >= 15 is 0 Å². The minimum atomic E-state index is -0.430. The van der Waals surface area contributed by atoms with Gasteiger partial charge < -0.3 is 18.9 Å². The van der Waals surface area contributed by atoms with Crippen LogP contribution in [-0.4, -0.2) is 43.6 Å². The van der Waals surface area contributed by atoms with Gasteiger partial charge in [0.1, 0.15) is 12.3 Å². The lowest BCUT2D eigenvalue weighted by molar-refractivity contribution is 0.0950. The monoisotopic (exact) mass is 486 g/mol. The molecule has 1 heterocycles. The number of hydrogen-bond acceptors (Lipinski definition) is 7. The Morgan fingerprint density at radius 2 is 1.61 bits per heavy atom. The van der Waals surface area contributed by atoms with Crippen LogP contribution in [0.5, 0.6) is 23.0 Å². The Hall–Kier alpha value is -4.79. The second kappa shape index (κ2) is 11.6. The second-order valence-corrected chi connectivity index (χ2v) is 7.62. The largest absolute Gasteiger partial charge is 0.493 e. The lowest BCUT2D eigenvalue weighted by atomic mass is 10.1. The van der Waals surface area contributed by atoms with Crippen molar-refractivity contribution in [3.8, 4) is 34.3 Å². The highest BCUT2D eigenvalue weighted by molar-refractivity contribution is 5.94. The maximum Gasteiger partial charge on any atom is 0.289 e. The molecule has 0 atom stereocenters. The molecule has 0 aliphatic carbocycles. The molecule has 0 spiro atoms. The fourth-order valence-corrected chi connectivity index (χ4v) is 3.43. The van der Waals surface area contributed by atoms with E-state index in [4.69, 9.17) is 18.9 Å². The van der Waals surface area contributed by atoms with Crippen molar-refractivity contribution in [3.05, 3.63) is 89.6 Å². The molecular weight excluding hydrogens is 460 g/mol. The zero-order valence-electron chi connectivity index (χ0n) is 20.1. The van der Waals surface area contributed by atoms with Crippen LogP contribution in [0.2, 0.25) is 0 Å². The summed E-state index contributed by atoms with van der Waals surface area (Å²) in [6.45, 7) is 0.424. The smallest absolute Gasteiger partial charge is 0.289 e. The first-order valence-electron chi connectivity index (χ1n) is 11.1. The van der Waals surface area contributed by atoms with Crippen LogP contribution >= 0.6 is 0 Å². The van der Waals surface area contributed by atoms with Gasteiger partial charge >= 0.3 is 0 Å². The molecule has 0 aliphatic rings. The lowest BCUT2D eigenvalue weighted by Gasteiger charge is -2.11. The van der Waals surface area contributed by atoms with Crippen molar-refractivity contribution in [2.75, 3.05) is 21.3 Å². The number of benzene rings is 3. The van der Waals surface area contributed by atoms with Crippen molar-refractivity contribution >= 4 is 12.1 Å². The Morgan fingerprint density at radius 3 is 2.36 bits per heavy atom. The van der Waals surface area contributed by atoms with E-state index in [9.17, 15) is 4.79 Å². The van der Waals surface area contributed by atoms with E-state index in [0.717, 1.165) is 16.7 Å². The third kappa shape index (κ3) is 5.82. The SMILES string of the molecule is COc1ccc(/C=N\NC(=O)c2cc(-c3ccc(OCc4ccccc4)c(OC)c3)n[nH]2)cc1OC. The van der Waals surface area contributed by atoms with Gasteiger partial charge in [0.05, 0.1) is 33.2 Å². The van der Waals surface area contributed by atoms with Gasteiger partial charge in [-0.2, -0.15) is 10.2 Å². The molecule has 3 aromatic carbocycles. The molecule has 2 N–H and O–H groups in total. The molecule has 0 saturated carbocycles. The molecule has 4 rings (SSSR count). The van der Waals surface area contributed by atoms with Crippen molar-refractivity contribution in [2.24, 2.45) is 5.10 Å². The predicted octanol–water partition coefficient (Wildman–Crippen LogP) is 4.45. The molecule has 0 aliphatic heterocycles. The number of carbonyl (C=O) groups is 1. The molecule has 9 heteroatoms. The van der Waals surface area contributed by atoms with E-state index in [0.29, 0.717) is 35.3 Å². The minimum Gasteiger partial charge on any atom is -0.493 e. The third-order valence-electron chi connectivity index (χ3n) is 5.31. The number of H-pyrrole nitrogens is 1. The van der Waals surface area contributed by atoms with Crippen LogP contribution in [0.1, 0.15) is 21.6 Å². The standard InChI is InChI=1S/C27H26N4O5/c1-33-23-11-9-19(13-25(23)34-2)16-28-31-27(32)22-15-21(29-30-22)20-10-12-24(26(14-20)35-3)36-17-18-7-5-4-6-8-18/h4-16H,17H2,1-3H3,(H,29,30)(H,31,32)/b28-16-. The summed E-state index contributed by atoms with van der Waals surface area (Å²) in [5.74, 6) is 1.93. The summed E-state index contributed by atoms with van der Waals surface area (Å²) in [5, 5.41) is 11.0. The highest BCUT2D eigenvalue weighted by Crippen LogP contribution is 2.32. The molecule has 0 unspecified atom stereocenters. The van der Waals surface area contributed by atoms with Crippen LogP contribution in [0.3, 0.4) is 0 Å². The van der Waals surface area contributed by atoms with Crippen molar-refractivity contribution in [1.82, 2.24) is 15.6 Å². The predicted molar refractivity (Wildman–Crippen MR) is 136 cm³/mol. The average Bonchev–Trinajstić information content (AvgIpc) is 3.43. The van der Waals surface area contributed by atoms with Crippen LogP contribution in [0.25, 0.3) is 11.3 Å². The first-order valence-corrected chi connectivity index (χ1v) is 11.1. The van der Waals surface area contributed by atoms with E-state index in [1.165, 1.54) is 6.21 Å². The Kier molecular flexibility index (Phi) is 7.82. The molecule has 0 saturated heterocycles. The summed E-state index contributed by atoms with van der Waals surface area (Å²) < 4.78 is 21.9. The molecule has 0 radical (unpaired) electrons. The van der Waals surface area contributed by atoms with Crippen LogP contribution in [0, 0.1) is 0 Å². The maximum atomic E-state index is 12.5. The minimum absolute atomic E-state index is 0.262. The molecule has 0 fully saturated rings.